The number of halogens is 1. The predicted molar refractivity (Wildman–Crippen MR) is 70.1 cm³/mol. The number of nitrogens with zero attached hydrogens (tertiary/aromatic N) is 1. The van der Waals surface area contributed by atoms with Crippen molar-refractivity contribution in [3.05, 3.63) is 28.7 Å². The van der Waals surface area contributed by atoms with Crippen LogP contribution in [0.5, 0.6) is 0 Å². The molecule has 0 atom stereocenters. The van der Waals surface area contributed by atoms with Crippen LogP contribution in [0, 0.1) is 0 Å². The van der Waals surface area contributed by atoms with E-state index in [2.05, 4.69) is 15.9 Å². The van der Waals surface area contributed by atoms with Gasteiger partial charge < -0.3 is 5.73 Å². The summed E-state index contributed by atoms with van der Waals surface area (Å²) in [7, 11) is -3.50. The first-order chi connectivity index (χ1) is 7.86. The molecule has 1 aromatic rings. The minimum Gasteiger partial charge on any atom is -0.368 e. The molecule has 7 heteroatoms. The summed E-state index contributed by atoms with van der Waals surface area (Å²) in [6, 6.07) is 6.63. The van der Waals surface area contributed by atoms with Crippen molar-refractivity contribution in [2.24, 2.45) is 5.73 Å². The first kappa shape index (κ1) is 14.0. The fraction of sp³-hybridized carbons (Fsp3) is 0.300. The van der Waals surface area contributed by atoms with E-state index in [9.17, 15) is 13.2 Å². The quantitative estimate of drug-likeness (QED) is 0.881. The van der Waals surface area contributed by atoms with Crippen LogP contribution in [0.1, 0.15) is 6.92 Å². The molecule has 0 unspecified atom stereocenters. The summed E-state index contributed by atoms with van der Waals surface area (Å²) < 4.78 is 25.5. The average Bonchev–Trinajstić information content (AvgIpc) is 2.27. The van der Waals surface area contributed by atoms with Gasteiger partial charge in [-0.15, -0.1) is 0 Å². The van der Waals surface area contributed by atoms with E-state index in [1.807, 2.05) is 0 Å². The van der Waals surface area contributed by atoms with E-state index >= 15 is 0 Å². The third-order valence-corrected chi connectivity index (χ3v) is 4.38. The number of carbonyl (C=O) groups excluding carboxylic acids is 1. The molecule has 0 aromatic heterocycles. The second-order valence-electron chi connectivity index (χ2n) is 3.35. The van der Waals surface area contributed by atoms with Crippen LogP contribution >= 0.6 is 15.9 Å². The van der Waals surface area contributed by atoms with Gasteiger partial charge in [0.05, 0.1) is 11.4 Å². The molecular formula is C10H13BrN2O3S. The summed E-state index contributed by atoms with van der Waals surface area (Å²) in [5, 5.41) is 0. The highest BCUT2D eigenvalue weighted by molar-refractivity contribution is 9.10. The van der Waals surface area contributed by atoms with Gasteiger partial charge in [-0.2, -0.15) is 0 Å². The van der Waals surface area contributed by atoms with Crippen LogP contribution in [0.3, 0.4) is 0 Å². The van der Waals surface area contributed by atoms with Crippen LogP contribution in [-0.2, 0) is 14.8 Å². The number of hydrogen-bond acceptors (Lipinski definition) is 3. The number of nitrogens with two attached hydrogens (primary N) is 1. The molecule has 5 nitrogen and oxygen atoms in total. The van der Waals surface area contributed by atoms with Crippen LogP contribution in [0.2, 0.25) is 0 Å². The summed E-state index contributed by atoms with van der Waals surface area (Å²) in [6.45, 7) is 1.17. The second-order valence-corrected chi connectivity index (χ2v) is 6.45. The van der Waals surface area contributed by atoms with Crippen molar-refractivity contribution in [2.75, 3.05) is 16.6 Å². The monoisotopic (exact) mass is 320 g/mol. The van der Waals surface area contributed by atoms with E-state index < -0.39 is 15.9 Å². The van der Waals surface area contributed by atoms with E-state index in [4.69, 9.17) is 5.73 Å². The summed E-state index contributed by atoms with van der Waals surface area (Å²) >= 11 is 3.25. The summed E-state index contributed by atoms with van der Waals surface area (Å²) in [5.41, 5.74) is 5.48. The van der Waals surface area contributed by atoms with Gasteiger partial charge in [0, 0.05) is 4.47 Å². The lowest BCUT2D eigenvalue weighted by molar-refractivity contribution is -0.116. The number of rotatable bonds is 5. The van der Waals surface area contributed by atoms with Gasteiger partial charge >= 0.3 is 0 Å². The molecule has 0 fully saturated rings. The predicted octanol–water partition coefficient (Wildman–Crippen LogP) is 1.09. The Morgan fingerprint density at radius 2 is 1.88 bits per heavy atom. The SMILES string of the molecule is CCS(=O)(=O)N(CC(N)=O)c1ccc(Br)cc1. The highest BCUT2D eigenvalue weighted by atomic mass is 79.9. The number of amides is 1. The smallest absolute Gasteiger partial charge is 0.238 e. The Morgan fingerprint density at radius 1 is 1.35 bits per heavy atom. The molecule has 0 spiro atoms. The third-order valence-electron chi connectivity index (χ3n) is 2.11. The van der Waals surface area contributed by atoms with Crippen molar-refractivity contribution in [1.82, 2.24) is 0 Å². The van der Waals surface area contributed by atoms with E-state index in [1.54, 1.807) is 24.3 Å². The molecule has 0 saturated carbocycles. The molecule has 17 heavy (non-hydrogen) atoms. The molecule has 94 valence electrons. The van der Waals surface area contributed by atoms with E-state index in [-0.39, 0.29) is 12.3 Å². The number of sulfonamides is 1. The minimum absolute atomic E-state index is 0.0870. The van der Waals surface area contributed by atoms with Gasteiger partial charge in [0.2, 0.25) is 15.9 Å². The number of anilines is 1. The molecule has 0 saturated heterocycles. The molecule has 0 aliphatic carbocycles. The van der Waals surface area contributed by atoms with Gasteiger partial charge in [-0.3, -0.25) is 9.10 Å². The maximum absolute atomic E-state index is 11.8. The van der Waals surface area contributed by atoms with Gasteiger partial charge in [0.15, 0.2) is 0 Å². The van der Waals surface area contributed by atoms with Gasteiger partial charge in [-0.05, 0) is 31.2 Å². The number of carbonyl (C=O) groups is 1. The lowest BCUT2D eigenvalue weighted by atomic mass is 10.3. The van der Waals surface area contributed by atoms with Crippen LogP contribution in [0.25, 0.3) is 0 Å². The summed E-state index contributed by atoms with van der Waals surface area (Å²) in [4.78, 5) is 10.9. The molecule has 0 radical (unpaired) electrons. The topological polar surface area (TPSA) is 80.5 Å². The lowest BCUT2D eigenvalue weighted by Crippen LogP contribution is -2.39. The van der Waals surface area contributed by atoms with Crippen molar-refractivity contribution >= 4 is 37.5 Å². The standard InChI is InChI=1S/C10H13BrN2O3S/c1-2-17(15,16)13(7-10(12)14)9-5-3-8(11)4-6-9/h3-6H,2,7H2,1H3,(H2,12,14). The highest BCUT2D eigenvalue weighted by Gasteiger charge is 2.22. The Labute approximate surface area is 109 Å². The van der Waals surface area contributed by atoms with E-state index in [0.717, 1.165) is 8.78 Å². The lowest BCUT2D eigenvalue weighted by Gasteiger charge is -2.22. The molecule has 0 aliphatic heterocycles. The molecule has 0 heterocycles. The maximum atomic E-state index is 11.8. The summed E-state index contributed by atoms with van der Waals surface area (Å²) in [6.07, 6.45) is 0. The first-order valence-corrected chi connectivity index (χ1v) is 7.31. The minimum atomic E-state index is -3.50. The molecule has 0 aliphatic rings. The third kappa shape index (κ3) is 3.71. The van der Waals surface area contributed by atoms with Crippen LogP contribution in [0.15, 0.2) is 28.7 Å². The Kier molecular flexibility index (Phi) is 4.53. The van der Waals surface area contributed by atoms with Crippen molar-refractivity contribution in [3.63, 3.8) is 0 Å². The average molecular weight is 321 g/mol. The Hall–Kier alpha value is -1.08. The van der Waals surface area contributed by atoms with Gasteiger partial charge in [-0.1, -0.05) is 15.9 Å². The van der Waals surface area contributed by atoms with Crippen molar-refractivity contribution in [3.8, 4) is 0 Å². The van der Waals surface area contributed by atoms with Crippen molar-refractivity contribution in [2.45, 2.75) is 6.92 Å². The number of benzene rings is 1. The Bertz CT molecular complexity index is 499. The fourth-order valence-corrected chi connectivity index (χ4v) is 2.60. The molecule has 1 amide bonds. The zero-order valence-electron chi connectivity index (χ0n) is 9.26. The highest BCUT2D eigenvalue weighted by Crippen LogP contribution is 2.21. The Morgan fingerprint density at radius 3 is 2.29 bits per heavy atom. The van der Waals surface area contributed by atoms with Gasteiger partial charge in [0.1, 0.15) is 6.54 Å². The zero-order chi connectivity index (χ0) is 13.1. The fourth-order valence-electron chi connectivity index (χ4n) is 1.25. The van der Waals surface area contributed by atoms with Crippen LogP contribution in [0.4, 0.5) is 5.69 Å². The summed E-state index contributed by atoms with van der Waals surface area (Å²) in [5.74, 6) is -0.777. The molecule has 1 aromatic carbocycles. The van der Waals surface area contributed by atoms with E-state index in [0.29, 0.717) is 5.69 Å². The van der Waals surface area contributed by atoms with Crippen LogP contribution < -0.4 is 10.0 Å². The van der Waals surface area contributed by atoms with Gasteiger partial charge in [-0.25, -0.2) is 8.42 Å². The second kappa shape index (κ2) is 5.50. The van der Waals surface area contributed by atoms with Crippen molar-refractivity contribution < 1.29 is 13.2 Å². The normalized spacial score (nSPS) is 11.2. The number of primary amides is 1. The zero-order valence-corrected chi connectivity index (χ0v) is 11.7. The van der Waals surface area contributed by atoms with Gasteiger partial charge in [0.25, 0.3) is 0 Å². The first-order valence-electron chi connectivity index (χ1n) is 4.91. The number of hydrogen-bond donors (Lipinski definition) is 1. The molecule has 1 rings (SSSR count). The molecule has 2 N–H and O–H groups in total. The maximum Gasteiger partial charge on any atom is 0.238 e. The Balaban J connectivity index is 3.15. The van der Waals surface area contributed by atoms with Crippen LogP contribution in [-0.4, -0.2) is 26.6 Å². The largest absolute Gasteiger partial charge is 0.368 e. The molecule has 0 bridgehead atoms. The van der Waals surface area contributed by atoms with E-state index in [1.165, 1.54) is 6.92 Å². The molecular weight excluding hydrogens is 308 g/mol. The van der Waals surface area contributed by atoms with Crippen molar-refractivity contribution in [1.29, 1.82) is 0 Å².